The fourth-order valence-corrected chi connectivity index (χ4v) is 3.07. The van der Waals surface area contributed by atoms with E-state index in [4.69, 9.17) is 9.47 Å². The second kappa shape index (κ2) is 5.88. The summed E-state index contributed by atoms with van der Waals surface area (Å²) in [6.45, 7) is 6.81. The van der Waals surface area contributed by atoms with Gasteiger partial charge in [-0.2, -0.15) is 0 Å². The average molecular weight is 320 g/mol. The maximum Gasteiger partial charge on any atom is 0.228 e. The summed E-state index contributed by atoms with van der Waals surface area (Å²) in [5.74, 6) is 0.278. The Labute approximate surface area is 117 Å². The molecule has 2 rings (SSSR count). The zero-order valence-corrected chi connectivity index (χ0v) is 12.7. The van der Waals surface area contributed by atoms with Gasteiger partial charge in [0.2, 0.25) is 5.91 Å². The van der Waals surface area contributed by atoms with E-state index in [1.54, 1.807) is 0 Å². The molecular formula is C13H22BrNO3. The monoisotopic (exact) mass is 319 g/mol. The van der Waals surface area contributed by atoms with E-state index in [1.165, 1.54) is 0 Å². The van der Waals surface area contributed by atoms with Crippen molar-refractivity contribution in [2.24, 2.45) is 5.92 Å². The summed E-state index contributed by atoms with van der Waals surface area (Å²) in [6.07, 6.45) is 2.03. The Morgan fingerprint density at radius 3 is 2.89 bits per heavy atom. The highest BCUT2D eigenvalue weighted by Crippen LogP contribution is 2.25. The van der Waals surface area contributed by atoms with Crippen LogP contribution < -0.4 is 0 Å². The number of carbonyl (C=O) groups is 1. The van der Waals surface area contributed by atoms with E-state index in [2.05, 4.69) is 15.9 Å². The van der Waals surface area contributed by atoms with E-state index >= 15 is 0 Å². The Morgan fingerprint density at radius 1 is 1.50 bits per heavy atom. The summed E-state index contributed by atoms with van der Waals surface area (Å²) in [6, 6.07) is 0. The molecule has 0 bridgehead atoms. The van der Waals surface area contributed by atoms with Crippen LogP contribution in [0.25, 0.3) is 0 Å². The van der Waals surface area contributed by atoms with Crippen LogP contribution in [0.5, 0.6) is 0 Å². The van der Waals surface area contributed by atoms with Gasteiger partial charge in [-0.05, 0) is 26.7 Å². The number of ether oxygens (including phenoxy) is 2. The molecule has 0 radical (unpaired) electrons. The van der Waals surface area contributed by atoms with E-state index in [-0.39, 0.29) is 23.5 Å². The van der Waals surface area contributed by atoms with Gasteiger partial charge in [0.15, 0.2) is 0 Å². The molecule has 104 valence electrons. The van der Waals surface area contributed by atoms with Gasteiger partial charge in [0.05, 0.1) is 24.2 Å². The molecule has 0 N–H and O–H groups in total. The van der Waals surface area contributed by atoms with Gasteiger partial charge in [0, 0.05) is 25.0 Å². The molecule has 0 aromatic rings. The van der Waals surface area contributed by atoms with Crippen molar-refractivity contribution in [3.8, 4) is 0 Å². The first-order valence-corrected chi connectivity index (χ1v) is 7.74. The number of carbonyl (C=O) groups excluding carboxylic acids is 1. The number of rotatable bonds is 2. The van der Waals surface area contributed by atoms with E-state index in [0.717, 1.165) is 24.8 Å². The van der Waals surface area contributed by atoms with Crippen LogP contribution in [0.15, 0.2) is 0 Å². The van der Waals surface area contributed by atoms with Crippen LogP contribution in [-0.2, 0) is 14.3 Å². The van der Waals surface area contributed by atoms with Crippen LogP contribution in [-0.4, -0.2) is 54.1 Å². The first-order valence-electron chi connectivity index (χ1n) is 6.62. The minimum Gasteiger partial charge on any atom is -0.381 e. The molecule has 0 saturated carbocycles. The predicted molar refractivity (Wildman–Crippen MR) is 72.9 cm³/mol. The van der Waals surface area contributed by atoms with Gasteiger partial charge in [0.25, 0.3) is 0 Å². The Hall–Kier alpha value is -0.130. The Morgan fingerprint density at radius 2 is 2.28 bits per heavy atom. The molecule has 18 heavy (non-hydrogen) atoms. The lowest BCUT2D eigenvalue weighted by Gasteiger charge is -2.43. The third-order valence-electron chi connectivity index (χ3n) is 3.47. The summed E-state index contributed by atoms with van der Waals surface area (Å²) in [4.78, 5) is 14.4. The van der Waals surface area contributed by atoms with Gasteiger partial charge in [-0.1, -0.05) is 15.9 Å². The Balaban J connectivity index is 1.99. The van der Waals surface area contributed by atoms with Crippen molar-refractivity contribution in [1.29, 1.82) is 0 Å². The van der Waals surface area contributed by atoms with Gasteiger partial charge in [-0.25, -0.2) is 0 Å². The third-order valence-corrected chi connectivity index (χ3v) is 4.20. The van der Waals surface area contributed by atoms with Crippen LogP contribution in [0, 0.1) is 5.92 Å². The molecule has 2 heterocycles. The number of morpholine rings is 1. The van der Waals surface area contributed by atoms with Crippen molar-refractivity contribution >= 4 is 21.8 Å². The zero-order chi connectivity index (χ0) is 13.2. The van der Waals surface area contributed by atoms with Gasteiger partial charge in [-0.15, -0.1) is 0 Å². The highest BCUT2D eigenvalue weighted by molar-refractivity contribution is 9.09. The SMILES string of the molecule is CC1(C)CN(C(=O)C2CCCOC2)CC(CBr)O1. The number of nitrogens with zero attached hydrogens (tertiary/aromatic N) is 1. The van der Waals surface area contributed by atoms with E-state index < -0.39 is 0 Å². The lowest BCUT2D eigenvalue weighted by atomic mass is 9.98. The molecule has 0 aliphatic carbocycles. The standard InChI is InChI=1S/C13H22BrNO3/c1-13(2)9-15(7-11(6-14)18-13)12(16)10-4-3-5-17-8-10/h10-11H,3-9H2,1-2H3. The Kier molecular flexibility index (Phi) is 4.67. The molecule has 2 unspecified atom stereocenters. The van der Waals surface area contributed by atoms with Crippen molar-refractivity contribution in [3.05, 3.63) is 0 Å². The van der Waals surface area contributed by atoms with Crippen molar-refractivity contribution in [3.63, 3.8) is 0 Å². The summed E-state index contributed by atoms with van der Waals surface area (Å²) in [7, 11) is 0. The molecule has 0 spiro atoms. The normalized spacial score (nSPS) is 32.3. The fraction of sp³-hybridized carbons (Fsp3) is 0.923. The maximum atomic E-state index is 12.5. The molecule has 4 nitrogen and oxygen atoms in total. The zero-order valence-electron chi connectivity index (χ0n) is 11.2. The minimum atomic E-state index is -0.262. The van der Waals surface area contributed by atoms with Crippen LogP contribution >= 0.6 is 15.9 Å². The van der Waals surface area contributed by atoms with Gasteiger partial charge >= 0.3 is 0 Å². The third kappa shape index (κ3) is 3.45. The molecule has 5 heteroatoms. The Bertz CT molecular complexity index is 303. The van der Waals surface area contributed by atoms with Crippen molar-refractivity contribution in [2.75, 3.05) is 31.6 Å². The molecular weight excluding hydrogens is 298 g/mol. The maximum absolute atomic E-state index is 12.5. The van der Waals surface area contributed by atoms with E-state index in [0.29, 0.717) is 19.7 Å². The smallest absolute Gasteiger partial charge is 0.228 e. The molecule has 1 amide bonds. The average Bonchev–Trinajstić information content (AvgIpc) is 2.37. The number of alkyl halides is 1. The summed E-state index contributed by atoms with van der Waals surface area (Å²) in [5.41, 5.74) is -0.262. The van der Waals surface area contributed by atoms with Crippen LogP contribution in [0.2, 0.25) is 0 Å². The molecule has 2 aliphatic heterocycles. The van der Waals surface area contributed by atoms with E-state index in [9.17, 15) is 4.79 Å². The van der Waals surface area contributed by atoms with Crippen molar-refractivity contribution in [1.82, 2.24) is 4.90 Å². The molecule has 2 atom stereocenters. The van der Waals surface area contributed by atoms with Crippen LogP contribution in [0.3, 0.4) is 0 Å². The van der Waals surface area contributed by atoms with Crippen LogP contribution in [0.1, 0.15) is 26.7 Å². The second-order valence-corrected chi connectivity index (χ2v) is 6.43. The van der Waals surface area contributed by atoms with Crippen molar-refractivity contribution in [2.45, 2.75) is 38.4 Å². The molecule has 2 fully saturated rings. The lowest BCUT2D eigenvalue weighted by Crippen LogP contribution is -2.56. The molecule has 0 aromatic carbocycles. The largest absolute Gasteiger partial charge is 0.381 e. The highest BCUT2D eigenvalue weighted by Gasteiger charge is 2.37. The number of hydrogen-bond donors (Lipinski definition) is 0. The van der Waals surface area contributed by atoms with Gasteiger partial charge in [0.1, 0.15) is 0 Å². The van der Waals surface area contributed by atoms with E-state index in [1.807, 2.05) is 18.7 Å². The van der Waals surface area contributed by atoms with Crippen LogP contribution in [0.4, 0.5) is 0 Å². The van der Waals surface area contributed by atoms with Crippen molar-refractivity contribution < 1.29 is 14.3 Å². The highest BCUT2D eigenvalue weighted by atomic mass is 79.9. The minimum absolute atomic E-state index is 0.0450. The quantitative estimate of drug-likeness (QED) is 0.729. The summed E-state index contributed by atoms with van der Waals surface area (Å²) in [5, 5.41) is 0.765. The first-order chi connectivity index (χ1) is 8.52. The summed E-state index contributed by atoms with van der Waals surface area (Å²) < 4.78 is 11.3. The summed E-state index contributed by atoms with van der Waals surface area (Å²) >= 11 is 3.45. The molecule has 0 aromatic heterocycles. The fourth-order valence-electron chi connectivity index (χ4n) is 2.74. The predicted octanol–water partition coefficient (Wildman–Crippen LogP) is 1.81. The molecule has 2 aliphatic rings. The number of hydrogen-bond acceptors (Lipinski definition) is 3. The van der Waals surface area contributed by atoms with Gasteiger partial charge in [-0.3, -0.25) is 4.79 Å². The molecule has 2 saturated heterocycles. The number of halogens is 1. The van der Waals surface area contributed by atoms with Gasteiger partial charge < -0.3 is 14.4 Å². The first kappa shape index (κ1) is 14.3. The lowest BCUT2D eigenvalue weighted by molar-refractivity contribution is -0.163. The number of amides is 1. The topological polar surface area (TPSA) is 38.8 Å². The second-order valence-electron chi connectivity index (χ2n) is 5.79.